The van der Waals surface area contributed by atoms with E-state index in [2.05, 4.69) is 4.90 Å². The van der Waals surface area contributed by atoms with Gasteiger partial charge in [-0.25, -0.2) is 0 Å². The van der Waals surface area contributed by atoms with Crippen molar-refractivity contribution in [2.75, 3.05) is 55.0 Å². The maximum atomic E-state index is 11.6. The minimum Gasteiger partial charge on any atom is -0.459 e. The lowest BCUT2D eigenvalue weighted by molar-refractivity contribution is -0.152. The molecule has 0 bridgehead atoms. The van der Waals surface area contributed by atoms with Crippen molar-refractivity contribution in [2.24, 2.45) is 0 Å². The van der Waals surface area contributed by atoms with E-state index >= 15 is 0 Å². The fourth-order valence-electron chi connectivity index (χ4n) is 1.50. The summed E-state index contributed by atoms with van der Waals surface area (Å²) in [5, 5.41) is 0. The van der Waals surface area contributed by atoms with Crippen LogP contribution in [0.4, 0.5) is 0 Å². The lowest BCUT2D eigenvalue weighted by Crippen LogP contribution is -2.33. The third-order valence-corrected chi connectivity index (χ3v) is 2.21. The number of methoxy groups -OCH3 is 1. The fourth-order valence-corrected chi connectivity index (χ4v) is 1.50. The van der Waals surface area contributed by atoms with Crippen molar-refractivity contribution < 1.29 is 14.3 Å². The van der Waals surface area contributed by atoms with Gasteiger partial charge in [-0.05, 0) is 41.2 Å². The number of carbonyl (C=O) groups is 1. The van der Waals surface area contributed by atoms with Crippen LogP contribution < -0.4 is 0 Å². The van der Waals surface area contributed by atoms with E-state index in [0.29, 0.717) is 19.6 Å². The molecule has 0 heterocycles. The van der Waals surface area contributed by atoms with Crippen molar-refractivity contribution in [2.45, 2.75) is 18.9 Å². The molecule has 0 aromatic carbocycles. The zero-order valence-corrected chi connectivity index (χ0v) is 11.7. The first-order chi connectivity index (χ1) is 7.95. The highest BCUT2D eigenvalue weighted by Gasteiger charge is 2.15. The number of nitrogens with zero attached hydrogens (tertiary/aromatic N) is 2. The van der Waals surface area contributed by atoms with Crippen LogP contribution in [0.3, 0.4) is 0 Å². The summed E-state index contributed by atoms with van der Waals surface area (Å²) in [5.74, 6) is -0.143. The van der Waals surface area contributed by atoms with Crippen LogP contribution in [-0.2, 0) is 14.3 Å². The van der Waals surface area contributed by atoms with Crippen LogP contribution in [0.5, 0.6) is 0 Å². The summed E-state index contributed by atoms with van der Waals surface area (Å²) in [4.78, 5) is 15.6. The largest absolute Gasteiger partial charge is 0.459 e. The number of esters is 1. The predicted octanol–water partition coefficient (Wildman–Crippen LogP) is 0.448. The van der Waals surface area contributed by atoms with E-state index in [-0.39, 0.29) is 12.1 Å². The fraction of sp³-hybridized carbons (Fsp3) is 0.917. The maximum Gasteiger partial charge on any atom is 0.306 e. The topological polar surface area (TPSA) is 42.0 Å². The lowest BCUT2D eigenvalue weighted by Gasteiger charge is -2.20. The third-order valence-electron chi connectivity index (χ3n) is 2.21. The molecule has 17 heavy (non-hydrogen) atoms. The van der Waals surface area contributed by atoms with Crippen molar-refractivity contribution in [3.63, 3.8) is 0 Å². The van der Waals surface area contributed by atoms with Gasteiger partial charge in [0.2, 0.25) is 0 Å². The van der Waals surface area contributed by atoms with E-state index in [9.17, 15) is 4.79 Å². The van der Waals surface area contributed by atoms with Gasteiger partial charge in [-0.2, -0.15) is 0 Å². The van der Waals surface area contributed by atoms with Gasteiger partial charge >= 0.3 is 5.97 Å². The molecular weight excluding hydrogens is 220 g/mol. The Kier molecular flexibility index (Phi) is 9.03. The van der Waals surface area contributed by atoms with Crippen LogP contribution in [0.2, 0.25) is 0 Å². The third kappa shape index (κ3) is 10.2. The van der Waals surface area contributed by atoms with Gasteiger partial charge in [-0.1, -0.05) is 0 Å². The van der Waals surface area contributed by atoms with Crippen LogP contribution in [0.1, 0.15) is 12.8 Å². The molecule has 0 fully saturated rings. The first-order valence-corrected chi connectivity index (χ1v) is 5.93. The Morgan fingerprint density at radius 3 is 2.29 bits per heavy atom. The Morgan fingerprint density at radius 2 is 1.82 bits per heavy atom. The van der Waals surface area contributed by atoms with Gasteiger partial charge in [0.1, 0.15) is 6.10 Å². The standard InChI is InChI=1S/C12H26N2O3/c1-13(2)8-6-7-12(15)17-11(10-16-5)9-14(3)4/h11H,6-10H2,1-5H3. The molecule has 0 rings (SSSR count). The average Bonchev–Trinajstić information content (AvgIpc) is 2.15. The van der Waals surface area contributed by atoms with E-state index in [1.807, 2.05) is 33.1 Å². The number of ether oxygens (including phenoxy) is 2. The summed E-state index contributed by atoms with van der Waals surface area (Å²) in [5.41, 5.74) is 0. The second kappa shape index (κ2) is 9.39. The molecule has 0 aliphatic rings. The first-order valence-electron chi connectivity index (χ1n) is 5.93. The van der Waals surface area contributed by atoms with E-state index in [4.69, 9.17) is 9.47 Å². The monoisotopic (exact) mass is 246 g/mol. The van der Waals surface area contributed by atoms with Crippen LogP contribution in [-0.4, -0.2) is 76.9 Å². The second-order valence-corrected chi connectivity index (χ2v) is 4.74. The number of hydrogen-bond acceptors (Lipinski definition) is 5. The average molecular weight is 246 g/mol. The minimum atomic E-state index is -0.179. The van der Waals surface area contributed by atoms with E-state index < -0.39 is 0 Å². The Labute approximate surface area is 105 Å². The molecule has 0 aromatic rings. The van der Waals surface area contributed by atoms with E-state index in [0.717, 1.165) is 13.0 Å². The zero-order chi connectivity index (χ0) is 13.3. The Bertz CT molecular complexity index is 208. The smallest absolute Gasteiger partial charge is 0.306 e. The molecule has 0 aromatic heterocycles. The molecule has 0 aliphatic heterocycles. The molecule has 0 amide bonds. The quantitative estimate of drug-likeness (QED) is 0.553. The summed E-state index contributed by atoms with van der Waals surface area (Å²) in [7, 11) is 9.49. The van der Waals surface area contributed by atoms with Crippen molar-refractivity contribution in [1.29, 1.82) is 0 Å². The summed E-state index contributed by atoms with van der Waals surface area (Å²) < 4.78 is 10.4. The molecule has 0 radical (unpaired) electrons. The van der Waals surface area contributed by atoms with Gasteiger partial charge in [0.05, 0.1) is 6.61 Å². The van der Waals surface area contributed by atoms with Gasteiger partial charge in [-0.3, -0.25) is 4.79 Å². The van der Waals surface area contributed by atoms with Crippen molar-refractivity contribution in [3.05, 3.63) is 0 Å². The lowest BCUT2D eigenvalue weighted by atomic mass is 10.3. The van der Waals surface area contributed by atoms with Crippen LogP contribution >= 0.6 is 0 Å². The highest BCUT2D eigenvalue weighted by atomic mass is 16.6. The van der Waals surface area contributed by atoms with Crippen LogP contribution in [0.25, 0.3) is 0 Å². The summed E-state index contributed by atoms with van der Waals surface area (Å²) in [6.07, 6.45) is 1.11. The SMILES string of the molecule is COCC(CN(C)C)OC(=O)CCCN(C)C. The van der Waals surface area contributed by atoms with Crippen molar-refractivity contribution >= 4 is 5.97 Å². The first kappa shape index (κ1) is 16.4. The zero-order valence-electron chi connectivity index (χ0n) is 11.7. The Balaban J connectivity index is 3.86. The Hall–Kier alpha value is -0.650. The number of rotatable bonds is 9. The summed E-state index contributed by atoms with van der Waals surface area (Å²) in [6.45, 7) is 2.03. The van der Waals surface area contributed by atoms with Crippen molar-refractivity contribution in [1.82, 2.24) is 9.80 Å². The Morgan fingerprint density at radius 1 is 1.18 bits per heavy atom. The molecule has 0 saturated heterocycles. The van der Waals surface area contributed by atoms with Crippen LogP contribution in [0.15, 0.2) is 0 Å². The van der Waals surface area contributed by atoms with Gasteiger partial charge < -0.3 is 19.3 Å². The van der Waals surface area contributed by atoms with Gasteiger partial charge in [0.25, 0.3) is 0 Å². The second-order valence-electron chi connectivity index (χ2n) is 4.74. The number of hydrogen-bond donors (Lipinski definition) is 0. The molecule has 0 spiro atoms. The van der Waals surface area contributed by atoms with Crippen LogP contribution in [0, 0.1) is 0 Å². The summed E-state index contributed by atoms with van der Waals surface area (Å²) in [6, 6.07) is 0. The molecule has 0 saturated carbocycles. The number of likely N-dealkylation sites (N-methyl/N-ethyl adjacent to an activating group) is 1. The van der Waals surface area contributed by atoms with Gasteiger partial charge in [-0.15, -0.1) is 0 Å². The molecule has 1 unspecified atom stereocenters. The van der Waals surface area contributed by atoms with Crippen molar-refractivity contribution in [3.8, 4) is 0 Å². The summed E-state index contributed by atoms with van der Waals surface area (Å²) >= 11 is 0. The molecular formula is C12H26N2O3. The molecule has 102 valence electrons. The number of carbonyl (C=O) groups excluding carboxylic acids is 1. The molecule has 5 heteroatoms. The maximum absolute atomic E-state index is 11.6. The van der Waals surface area contributed by atoms with Gasteiger partial charge in [0, 0.05) is 20.1 Å². The predicted molar refractivity (Wildman–Crippen MR) is 68.1 cm³/mol. The highest BCUT2D eigenvalue weighted by molar-refractivity contribution is 5.69. The molecule has 0 N–H and O–H groups in total. The molecule has 1 atom stereocenters. The van der Waals surface area contributed by atoms with E-state index in [1.165, 1.54) is 0 Å². The minimum absolute atomic E-state index is 0.143. The van der Waals surface area contributed by atoms with E-state index in [1.54, 1.807) is 7.11 Å². The molecule has 5 nitrogen and oxygen atoms in total. The molecule has 0 aliphatic carbocycles. The van der Waals surface area contributed by atoms with Gasteiger partial charge in [0.15, 0.2) is 0 Å². The highest BCUT2D eigenvalue weighted by Crippen LogP contribution is 2.01. The normalized spacial score (nSPS) is 13.1.